The van der Waals surface area contributed by atoms with Crippen molar-refractivity contribution in [3.8, 4) is 0 Å². The van der Waals surface area contributed by atoms with Gasteiger partial charge in [0.15, 0.2) is 0 Å². The first kappa shape index (κ1) is 19.4. The molecule has 0 saturated carbocycles. The fourth-order valence-corrected chi connectivity index (χ4v) is 3.85. The molecule has 0 heterocycles. The summed E-state index contributed by atoms with van der Waals surface area (Å²) < 4.78 is 0. The minimum Gasteiger partial charge on any atom is -0.398 e. The van der Waals surface area contributed by atoms with Gasteiger partial charge in [-0.1, -0.05) is 77.9 Å². The van der Waals surface area contributed by atoms with E-state index in [1.165, 1.54) is 22.3 Å². The van der Waals surface area contributed by atoms with Crippen LogP contribution in [0, 0.1) is 0 Å². The van der Waals surface area contributed by atoms with Crippen LogP contribution in [-0.4, -0.2) is 0 Å². The summed E-state index contributed by atoms with van der Waals surface area (Å²) in [6, 6.07) is 12.9. The van der Waals surface area contributed by atoms with Gasteiger partial charge < -0.3 is 11.5 Å². The minimum atomic E-state index is 0.399. The third-order valence-electron chi connectivity index (χ3n) is 5.36. The fourth-order valence-electron chi connectivity index (χ4n) is 3.85. The molecule has 0 saturated heterocycles. The van der Waals surface area contributed by atoms with Gasteiger partial charge in [-0.15, -0.1) is 0 Å². The lowest BCUT2D eigenvalue weighted by atomic mass is 9.83. The standard InChI is InChI=1S/C23H34N2/c1-14(2)18-9-7-11-20(22(18)24)16(5)13-17(6)21-12-8-10-19(15(3)4)23(21)25/h7-12,14-17H,13,24-25H2,1-6H3. The molecular formula is C23H34N2. The summed E-state index contributed by atoms with van der Waals surface area (Å²) in [6.07, 6.45) is 1.04. The van der Waals surface area contributed by atoms with Crippen LogP contribution in [0.25, 0.3) is 0 Å². The molecule has 2 nitrogen and oxygen atoms in total. The topological polar surface area (TPSA) is 52.0 Å². The number of anilines is 2. The van der Waals surface area contributed by atoms with Gasteiger partial charge in [-0.2, -0.15) is 0 Å². The average molecular weight is 339 g/mol. The van der Waals surface area contributed by atoms with Crippen LogP contribution in [0.15, 0.2) is 36.4 Å². The molecule has 2 unspecified atom stereocenters. The lowest BCUT2D eigenvalue weighted by Crippen LogP contribution is -2.09. The summed E-state index contributed by atoms with van der Waals surface area (Å²) in [5, 5.41) is 0. The van der Waals surface area contributed by atoms with Crippen LogP contribution in [0.4, 0.5) is 11.4 Å². The van der Waals surface area contributed by atoms with Crippen LogP contribution < -0.4 is 11.5 Å². The molecule has 4 N–H and O–H groups in total. The molecule has 2 rings (SSSR count). The molecule has 2 aromatic carbocycles. The Hall–Kier alpha value is -1.96. The second-order valence-electron chi connectivity index (χ2n) is 8.05. The van der Waals surface area contributed by atoms with Crippen molar-refractivity contribution in [3.63, 3.8) is 0 Å². The molecule has 2 heteroatoms. The van der Waals surface area contributed by atoms with Gasteiger partial charge in [0.25, 0.3) is 0 Å². The molecule has 0 bridgehead atoms. The Morgan fingerprint density at radius 3 is 1.24 bits per heavy atom. The number of nitrogens with two attached hydrogens (primary N) is 2. The Labute approximate surface area is 153 Å². The van der Waals surface area contributed by atoms with Crippen LogP contribution in [0.1, 0.15) is 93.9 Å². The smallest absolute Gasteiger partial charge is 0.0384 e. The Kier molecular flexibility index (Phi) is 6.16. The van der Waals surface area contributed by atoms with Gasteiger partial charge in [0.05, 0.1) is 0 Å². The van der Waals surface area contributed by atoms with E-state index in [4.69, 9.17) is 11.5 Å². The van der Waals surface area contributed by atoms with Gasteiger partial charge in [0.1, 0.15) is 0 Å². The maximum atomic E-state index is 6.47. The molecule has 136 valence electrons. The van der Waals surface area contributed by atoms with Crippen molar-refractivity contribution in [2.75, 3.05) is 11.5 Å². The van der Waals surface area contributed by atoms with E-state index in [1.807, 2.05) is 0 Å². The zero-order valence-corrected chi connectivity index (χ0v) is 16.6. The van der Waals surface area contributed by atoms with Gasteiger partial charge in [0, 0.05) is 11.4 Å². The summed E-state index contributed by atoms with van der Waals surface area (Å²) in [4.78, 5) is 0. The number of benzene rings is 2. The van der Waals surface area contributed by atoms with Gasteiger partial charge in [-0.05, 0) is 52.3 Å². The van der Waals surface area contributed by atoms with Crippen LogP contribution in [0.2, 0.25) is 0 Å². The second kappa shape index (κ2) is 7.95. The van der Waals surface area contributed by atoms with Crippen molar-refractivity contribution >= 4 is 11.4 Å². The highest BCUT2D eigenvalue weighted by Gasteiger charge is 2.19. The lowest BCUT2D eigenvalue weighted by Gasteiger charge is -2.23. The number of nitrogen functional groups attached to an aromatic ring is 2. The Balaban J connectivity index is 2.26. The molecular weight excluding hydrogens is 304 g/mol. The summed E-state index contributed by atoms with van der Waals surface area (Å²) in [6.45, 7) is 13.3. The molecule has 0 amide bonds. The number of hydrogen-bond acceptors (Lipinski definition) is 2. The fraction of sp³-hybridized carbons (Fsp3) is 0.478. The molecule has 2 aromatic rings. The highest BCUT2D eigenvalue weighted by molar-refractivity contribution is 5.58. The number of para-hydroxylation sites is 2. The van der Waals surface area contributed by atoms with E-state index in [1.54, 1.807) is 0 Å². The molecule has 0 aliphatic rings. The van der Waals surface area contributed by atoms with Crippen molar-refractivity contribution < 1.29 is 0 Å². The van der Waals surface area contributed by atoms with Crippen LogP contribution >= 0.6 is 0 Å². The van der Waals surface area contributed by atoms with Crippen molar-refractivity contribution in [3.05, 3.63) is 58.7 Å². The number of rotatable bonds is 6. The van der Waals surface area contributed by atoms with Crippen molar-refractivity contribution in [1.82, 2.24) is 0 Å². The minimum absolute atomic E-state index is 0.399. The zero-order valence-electron chi connectivity index (χ0n) is 16.6. The first-order valence-electron chi connectivity index (χ1n) is 9.50. The summed E-state index contributed by atoms with van der Waals surface area (Å²) in [7, 11) is 0. The van der Waals surface area contributed by atoms with Crippen molar-refractivity contribution in [1.29, 1.82) is 0 Å². The van der Waals surface area contributed by atoms with Gasteiger partial charge in [-0.3, -0.25) is 0 Å². The van der Waals surface area contributed by atoms with Crippen LogP contribution in [0.5, 0.6) is 0 Å². The highest BCUT2D eigenvalue weighted by Crippen LogP contribution is 2.38. The van der Waals surface area contributed by atoms with Gasteiger partial charge in [-0.25, -0.2) is 0 Å². The monoisotopic (exact) mass is 338 g/mol. The maximum absolute atomic E-state index is 6.47. The van der Waals surface area contributed by atoms with E-state index in [0.29, 0.717) is 23.7 Å². The number of hydrogen-bond donors (Lipinski definition) is 2. The summed E-state index contributed by atoms with van der Waals surface area (Å²) >= 11 is 0. The quantitative estimate of drug-likeness (QED) is 0.599. The van der Waals surface area contributed by atoms with E-state index < -0.39 is 0 Å². The summed E-state index contributed by atoms with van der Waals surface area (Å²) in [5.41, 5.74) is 19.9. The maximum Gasteiger partial charge on any atom is 0.0384 e. The normalized spacial score (nSPS) is 14.1. The van der Waals surface area contributed by atoms with Crippen LogP contribution in [-0.2, 0) is 0 Å². The Morgan fingerprint density at radius 1 is 0.600 bits per heavy atom. The lowest BCUT2D eigenvalue weighted by molar-refractivity contribution is 0.594. The van der Waals surface area contributed by atoms with E-state index in [0.717, 1.165) is 17.8 Å². The molecule has 0 fully saturated rings. The predicted molar refractivity (Wildman–Crippen MR) is 111 cm³/mol. The highest BCUT2D eigenvalue weighted by atomic mass is 14.6. The van der Waals surface area contributed by atoms with Gasteiger partial charge >= 0.3 is 0 Å². The first-order chi connectivity index (χ1) is 11.7. The zero-order chi connectivity index (χ0) is 18.7. The average Bonchev–Trinajstić information content (AvgIpc) is 2.54. The summed E-state index contributed by atoms with van der Waals surface area (Å²) in [5.74, 6) is 1.69. The molecule has 0 aromatic heterocycles. The van der Waals surface area contributed by atoms with Crippen molar-refractivity contribution in [2.45, 2.75) is 71.6 Å². The van der Waals surface area contributed by atoms with E-state index in [9.17, 15) is 0 Å². The SMILES string of the molecule is CC(C)c1cccc(C(C)CC(C)c2cccc(C(C)C)c2N)c1N. The van der Waals surface area contributed by atoms with E-state index in [-0.39, 0.29) is 0 Å². The third kappa shape index (κ3) is 4.18. The third-order valence-corrected chi connectivity index (χ3v) is 5.36. The van der Waals surface area contributed by atoms with Crippen molar-refractivity contribution in [2.24, 2.45) is 0 Å². The molecule has 2 atom stereocenters. The molecule has 0 aliphatic heterocycles. The molecule has 0 aliphatic carbocycles. The molecule has 0 radical (unpaired) electrons. The molecule has 0 spiro atoms. The molecule has 25 heavy (non-hydrogen) atoms. The Bertz CT molecular complexity index is 655. The predicted octanol–water partition coefficient (Wildman–Crippen LogP) is 6.40. The Morgan fingerprint density at radius 2 is 0.920 bits per heavy atom. The largest absolute Gasteiger partial charge is 0.398 e. The first-order valence-corrected chi connectivity index (χ1v) is 9.50. The van der Waals surface area contributed by atoms with E-state index >= 15 is 0 Å². The van der Waals surface area contributed by atoms with Gasteiger partial charge in [0.2, 0.25) is 0 Å². The van der Waals surface area contributed by atoms with E-state index in [2.05, 4.69) is 77.9 Å². The second-order valence-corrected chi connectivity index (χ2v) is 8.05. The van der Waals surface area contributed by atoms with Crippen LogP contribution in [0.3, 0.4) is 0 Å².